The number of sulfonamides is 1. The molecular formula is C19H27N3O4S. The summed E-state index contributed by atoms with van der Waals surface area (Å²) in [5.74, 6) is 0.810. The number of amides is 1. The molecule has 0 spiro atoms. The molecule has 0 bridgehead atoms. The lowest BCUT2D eigenvalue weighted by Gasteiger charge is -2.20. The Hall–Kier alpha value is -2.32. The number of aryl methyl sites for hydroxylation is 2. The van der Waals surface area contributed by atoms with E-state index in [1.54, 1.807) is 45.9 Å². The highest BCUT2D eigenvalue weighted by Crippen LogP contribution is 2.28. The molecule has 0 saturated heterocycles. The van der Waals surface area contributed by atoms with Gasteiger partial charge in [-0.1, -0.05) is 13.8 Å². The molecule has 2 N–H and O–H groups in total. The lowest BCUT2D eigenvalue weighted by atomic mass is 10.2. The van der Waals surface area contributed by atoms with E-state index in [4.69, 9.17) is 4.42 Å². The summed E-state index contributed by atoms with van der Waals surface area (Å²) >= 11 is 0. The van der Waals surface area contributed by atoms with Crippen molar-refractivity contribution in [3.63, 3.8) is 0 Å². The topological polar surface area (TPSA) is 91.7 Å². The molecule has 8 heteroatoms. The summed E-state index contributed by atoms with van der Waals surface area (Å²) < 4.78 is 32.4. The number of nitrogens with zero attached hydrogens (tertiary/aromatic N) is 1. The minimum atomic E-state index is -3.62. The van der Waals surface area contributed by atoms with E-state index in [1.807, 2.05) is 6.92 Å². The van der Waals surface area contributed by atoms with Crippen LogP contribution in [0.4, 0.5) is 11.4 Å². The smallest absolute Gasteiger partial charge is 0.259 e. The predicted molar refractivity (Wildman–Crippen MR) is 107 cm³/mol. The number of anilines is 2. The van der Waals surface area contributed by atoms with E-state index in [-0.39, 0.29) is 10.8 Å². The van der Waals surface area contributed by atoms with Gasteiger partial charge in [-0.15, -0.1) is 0 Å². The van der Waals surface area contributed by atoms with Gasteiger partial charge in [0.1, 0.15) is 11.5 Å². The van der Waals surface area contributed by atoms with Crippen LogP contribution in [0.25, 0.3) is 0 Å². The van der Waals surface area contributed by atoms with Gasteiger partial charge in [-0.05, 0) is 45.0 Å². The fourth-order valence-electron chi connectivity index (χ4n) is 2.89. The Morgan fingerprint density at radius 1 is 1.07 bits per heavy atom. The monoisotopic (exact) mass is 393 g/mol. The number of benzene rings is 1. The number of carbonyl (C=O) groups excluding carboxylic acids is 1. The van der Waals surface area contributed by atoms with Gasteiger partial charge in [0.2, 0.25) is 10.0 Å². The summed E-state index contributed by atoms with van der Waals surface area (Å²) in [7, 11) is -3.62. The van der Waals surface area contributed by atoms with Crippen molar-refractivity contribution in [2.75, 3.05) is 30.3 Å². The van der Waals surface area contributed by atoms with Crippen LogP contribution in [0, 0.1) is 13.8 Å². The number of hydrogen-bond donors (Lipinski definition) is 2. The Bertz CT molecular complexity index is 915. The highest BCUT2D eigenvalue weighted by molar-refractivity contribution is 7.89. The Kier molecular flexibility index (Phi) is 6.67. The number of carbonyl (C=O) groups is 1. The zero-order valence-electron chi connectivity index (χ0n) is 16.4. The molecule has 0 radical (unpaired) electrons. The van der Waals surface area contributed by atoms with Gasteiger partial charge in [0.05, 0.1) is 21.8 Å². The second-order valence-corrected chi connectivity index (χ2v) is 8.05. The molecule has 7 nitrogen and oxygen atoms in total. The fraction of sp³-hybridized carbons (Fsp3) is 0.421. The van der Waals surface area contributed by atoms with E-state index in [2.05, 4.69) is 10.6 Å². The second kappa shape index (κ2) is 8.58. The molecule has 1 amide bonds. The molecule has 0 saturated carbocycles. The molecule has 0 unspecified atom stereocenters. The predicted octanol–water partition coefficient (Wildman–Crippen LogP) is 3.61. The zero-order valence-corrected chi connectivity index (χ0v) is 17.2. The maximum atomic E-state index is 12.8. The molecule has 0 aliphatic carbocycles. The standard InChI is InChI=1S/C19H27N3O4S/c1-6-20-17-10-9-15(27(24,25)22(7-2)8-3)12-18(17)21-19(23)16-11-13(4)26-14(16)5/h9-12,20H,6-8H2,1-5H3,(H,21,23). The molecule has 1 aromatic carbocycles. The average molecular weight is 394 g/mol. The van der Waals surface area contributed by atoms with Gasteiger partial charge in [-0.3, -0.25) is 4.79 Å². The summed E-state index contributed by atoms with van der Waals surface area (Å²) in [5.41, 5.74) is 1.49. The van der Waals surface area contributed by atoms with Gasteiger partial charge < -0.3 is 15.1 Å². The van der Waals surface area contributed by atoms with Gasteiger partial charge in [0, 0.05) is 19.6 Å². The maximum absolute atomic E-state index is 12.8. The first-order valence-electron chi connectivity index (χ1n) is 9.01. The van der Waals surface area contributed by atoms with Crippen molar-refractivity contribution in [2.24, 2.45) is 0 Å². The SMILES string of the molecule is CCNc1ccc(S(=O)(=O)N(CC)CC)cc1NC(=O)c1cc(C)oc1C. The van der Waals surface area contributed by atoms with E-state index in [1.165, 1.54) is 10.4 Å². The second-order valence-electron chi connectivity index (χ2n) is 6.11. The molecule has 0 aliphatic rings. The van der Waals surface area contributed by atoms with E-state index in [0.29, 0.717) is 48.1 Å². The third-order valence-electron chi connectivity index (χ3n) is 4.24. The summed E-state index contributed by atoms with van der Waals surface area (Å²) in [4.78, 5) is 12.8. The summed E-state index contributed by atoms with van der Waals surface area (Å²) in [6.07, 6.45) is 0. The lowest BCUT2D eigenvalue weighted by Crippen LogP contribution is -2.30. The van der Waals surface area contributed by atoms with Gasteiger partial charge in [-0.2, -0.15) is 4.31 Å². The largest absolute Gasteiger partial charge is 0.466 e. The maximum Gasteiger partial charge on any atom is 0.259 e. The van der Waals surface area contributed by atoms with Crippen LogP contribution in [-0.2, 0) is 10.0 Å². The van der Waals surface area contributed by atoms with Crippen molar-refractivity contribution in [3.05, 3.63) is 41.3 Å². The quantitative estimate of drug-likeness (QED) is 0.715. The van der Waals surface area contributed by atoms with Crippen LogP contribution in [0.5, 0.6) is 0 Å². The lowest BCUT2D eigenvalue weighted by molar-refractivity contribution is 0.102. The highest BCUT2D eigenvalue weighted by Gasteiger charge is 2.23. The van der Waals surface area contributed by atoms with Crippen LogP contribution in [0.1, 0.15) is 42.6 Å². The summed E-state index contributed by atoms with van der Waals surface area (Å²) in [6, 6.07) is 6.37. The van der Waals surface area contributed by atoms with Crippen molar-refractivity contribution < 1.29 is 17.6 Å². The van der Waals surface area contributed by atoms with Crippen LogP contribution in [0.15, 0.2) is 33.6 Å². The van der Waals surface area contributed by atoms with Gasteiger partial charge >= 0.3 is 0 Å². The summed E-state index contributed by atoms with van der Waals surface area (Å²) in [6.45, 7) is 10.4. The Morgan fingerprint density at radius 3 is 2.26 bits per heavy atom. The van der Waals surface area contributed by atoms with Crippen molar-refractivity contribution in [2.45, 2.75) is 39.5 Å². The minimum Gasteiger partial charge on any atom is -0.466 e. The first kappa shape index (κ1) is 21.0. The van der Waals surface area contributed by atoms with Crippen LogP contribution in [-0.4, -0.2) is 38.3 Å². The number of furan rings is 1. The molecule has 1 heterocycles. The molecule has 148 valence electrons. The van der Waals surface area contributed by atoms with E-state index >= 15 is 0 Å². The first-order valence-corrected chi connectivity index (χ1v) is 10.4. The highest BCUT2D eigenvalue weighted by atomic mass is 32.2. The van der Waals surface area contributed by atoms with Gasteiger partial charge in [-0.25, -0.2) is 8.42 Å². The Labute approximate surface area is 160 Å². The van der Waals surface area contributed by atoms with Crippen molar-refractivity contribution >= 4 is 27.3 Å². The van der Waals surface area contributed by atoms with Crippen LogP contribution < -0.4 is 10.6 Å². The van der Waals surface area contributed by atoms with Gasteiger partial charge in [0.15, 0.2) is 0 Å². The van der Waals surface area contributed by atoms with Gasteiger partial charge in [0.25, 0.3) is 5.91 Å². The first-order chi connectivity index (χ1) is 12.7. The molecule has 1 aromatic heterocycles. The van der Waals surface area contributed by atoms with Crippen LogP contribution in [0.3, 0.4) is 0 Å². The average Bonchev–Trinajstić information content (AvgIpc) is 2.95. The number of hydrogen-bond acceptors (Lipinski definition) is 5. The van der Waals surface area contributed by atoms with E-state index < -0.39 is 10.0 Å². The third-order valence-corrected chi connectivity index (χ3v) is 6.28. The third kappa shape index (κ3) is 4.51. The fourth-order valence-corrected chi connectivity index (χ4v) is 4.38. The van der Waals surface area contributed by atoms with Crippen LogP contribution in [0.2, 0.25) is 0 Å². The number of rotatable bonds is 8. The zero-order chi connectivity index (χ0) is 20.2. The number of nitrogens with one attached hydrogen (secondary N) is 2. The Balaban J connectivity index is 2.44. The molecule has 0 atom stereocenters. The molecule has 2 aromatic rings. The molecule has 0 fully saturated rings. The van der Waals surface area contributed by atoms with Crippen molar-refractivity contribution in [3.8, 4) is 0 Å². The molecule has 2 rings (SSSR count). The van der Waals surface area contributed by atoms with Crippen LogP contribution >= 0.6 is 0 Å². The van der Waals surface area contributed by atoms with Crippen molar-refractivity contribution in [1.29, 1.82) is 0 Å². The summed E-state index contributed by atoms with van der Waals surface area (Å²) in [5, 5.41) is 5.95. The molecular weight excluding hydrogens is 366 g/mol. The molecule has 27 heavy (non-hydrogen) atoms. The molecule has 0 aliphatic heterocycles. The van der Waals surface area contributed by atoms with Crippen molar-refractivity contribution in [1.82, 2.24) is 4.31 Å². The van der Waals surface area contributed by atoms with E-state index in [9.17, 15) is 13.2 Å². The Morgan fingerprint density at radius 2 is 1.74 bits per heavy atom. The normalized spacial score (nSPS) is 11.6. The minimum absolute atomic E-state index is 0.142. The van der Waals surface area contributed by atoms with E-state index in [0.717, 1.165) is 0 Å².